The second-order valence-electron chi connectivity index (χ2n) is 7.29. The average molecular weight is 477 g/mol. The van der Waals surface area contributed by atoms with Crippen LogP contribution in [-0.4, -0.2) is 39.0 Å². The molecule has 5 rings (SSSR count). The van der Waals surface area contributed by atoms with E-state index < -0.39 is 0 Å². The number of aromatic nitrogens is 4. The summed E-state index contributed by atoms with van der Waals surface area (Å²) < 4.78 is 7.34. The van der Waals surface area contributed by atoms with Crippen molar-refractivity contribution < 1.29 is 9.53 Å². The van der Waals surface area contributed by atoms with Crippen molar-refractivity contribution in [3.05, 3.63) is 76.0 Å². The minimum absolute atomic E-state index is 0.308. The van der Waals surface area contributed by atoms with Gasteiger partial charge in [-0.2, -0.15) is 10.2 Å². The zero-order chi connectivity index (χ0) is 22.8. The molecule has 0 spiro atoms. The average Bonchev–Trinajstić information content (AvgIpc) is 3.59. The lowest BCUT2D eigenvalue weighted by Gasteiger charge is -2.09. The standard InChI is InChI=1S/C23H20N6O2S2/c1-14-10-15(13-31-2)19-20(29-7-3-4-8-29)21(33-23(19)25-14)22(30)28-24-12-16-11-17(27-26-16)18-6-5-9-32-18/h3-12H,13H2,1-2H3,(H,26,27)(H,28,30)/b24-12-. The number of nitrogens with one attached hydrogen (secondary N) is 2. The number of carbonyl (C=O) groups excluding carboxylic acids is 1. The predicted octanol–water partition coefficient (Wildman–Crippen LogP) is 4.76. The molecule has 0 aliphatic carbocycles. The zero-order valence-corrected chi connectivity index (χ0v) is 19.5. The fourth-order valence-corrected chi connectivity index (χ4v) is 5.45. The van der Waals surface area contributed by atoms with Crippen LogP contribution in [0.15, 0.2) is 59.3 Å². The third kappa shape index (κ3) is 4.23. The Hall–Kier alpha value is -3.60. The van der Waals surface area contributed by atoms with Crippen molar-refractivity contribution in [2.24, 2.45) is 5.10 Å². The number of hydrogen-bond acceptors (Lipinski definition) is 7. The van der Waals surface area contributed by atoms with Crippen LogP contribution in [0.3, 0.4) is 0 Å². The molecule has 166 valence electrons. The molecule has 0 aromatic carbocycles. The normalized spacial score (nSPS) is 11.6. The molecule has 0 radical (unpaired) electrons. The topological polar surface area (TPSA) is 97.2 Å². The minimum atomic E-state index is -0.308. The molecule has 5 aromatic heterocycles. The third-order valence-electron chi connectivity index (χ3n) is 4.96. The maximum absolute atomic E-state index is 13.2. The van der Waals surface area contributed by atoms with Gasteiger partial charge in [-0.1, -0.05) is 6.07 Å². The van der Waals surface area contributed by atoms with Crippen molar-refractivity contribution >= 4 is 45.0 Å². The van der Waals surface area contributed by atoms with Gasteiger partial charge >= 0.3 is 0 Å². The summed E-state index contributed by atoms with van der Waals surface area (Å²) in [6.07, 6.45) is 5.37. The smallest absolute Gasteiger partial charge is 0.283 e. The van der Waals surface area contributed by atoms with Crippen molar-refractivity contribution in [3.8, 4) is 16.3 Å². The Bertz CT molecular complexity index is 1430. The first-order valence-electron chi connectivity index (χ1n) is 10.1. The summed E-state index contributed by atoms with van der Waals surface area (Å²) in [5.41, 5.74) is 6.81. The molecule has 8 nitrogen and oxygen atoms in total. The molecule has 0 aliphatic heterocycles. The largest absolute Gasteiger partial charge is 0.380 e. The Labute approximate surface area is 197 Å². The van der Waals surface area contributed by atoms with E-state index in [-0.39, 0.29) is 5.91 Å². The van der Waals surface area contributed by atoms with Crippen molar-refractivity contribution in [2.45, 2.75) is 13.5 Å². The first-order chi connectivity index (χ1) is 16.1. The summed E-state index contributed by atoms with van der Waals surface area (Å²) in [6.45, 7) is 2.36. The van der Waals surface area contributed by atoms with Crippen molar-refractivity contribution in [1.29, 1.82) is 0 Å². The molecule has 10 heteroatoms. The van der Waals surface area contributed by atoms with Gasteiger partial charge in [-0.25, -0.2) is 10.4 Å². The van der Waals surface area contributed by atoms with Gasteiger partial charge in [0.25, 0.3) is 5.91 Å². The number of hydrogen-bond donors (Lipinski definition) is 2. The van der Waals surface area contributed by atoms with E-state index >= 15 is 0 Å². The van der Waals surface area contributed by atoms with Crippen LogP contribution in [-0.2, 0) is 11.3 Å². The van der Waals surface area contributed by atoms with E-state index in [1.807, 2.05) is 65.7 Å². The molecular weight excluding hydrogens is 456 g/mol. The molecule has 0 fully saturated rings. The molecule has 2 N–H and O–H groups in total. The van der Waals surface area contributed by atoms with Crippen molar-refractivity contribution in [1.82, 2.24) is 25.2 Å². The highest BCUT2D eigenvalue weighted by atomic mass is 32.1. The number of H-pyrrole nitrogens is 1. The summed E-state index contributed by atoms with van der Waals surface area (Å²) in [5, 5.41) is 14.3. The monoisotopic (exact) mass is 476 g/mol. The molecule has 0 atom stereocenters. The van der Waals surface area contributed by atoms with Crippen LogP contribution in [0.25, 0.3) is 26.5 Å². The molecular formula is C23H20N6O2S2. The van der Waals surface area contributed by atoms with Crippen LogP contribution in [0.1, 0.15) is 26.6 Å². The third-order valence-corrected chi connectivity index (χ3v) is 6.92. The van der Waals surface area contributed by atoms with E-state index in [4.69, 9.17) is 4.74 Å². The van der Waals surface area contributed by atoms with E-state index in [0.717, 1.165) is 37.7 Å². The van der Waals surface area contributed by atoms with Gasteiger partial charge in [0, 0.05) is 30.6 Å². The lowest BCUT2D eigenvalue weighted by molar-refractivity contribution is 0.0959. The van der Waals surface area contributed by atoms with Crippen LogP contribution in [0, 0.1) is 6.92 Å². The molecule has 5 heterocycles. The molecule has 0 aliphatic rings. The van der Waals surface area contributed by atoms with Crippen LogP contribution in [0.4, 0.5) is 0 Å². The van der Waals surface area contributed by atoms with Gasteiger partial charge in [-0.05, 0) is 48.2 Å². The summed E-state index contributed by atoms with van der Waals surface area (Å²) in [7, 11) is 1.66. The number of nitrogens with zero attached hydrogens (tertiary/aromatic N) is 4. The number of fused-ring (bicyclic) bond motifs is 1. The number of carbonyl (C=O) groups is 1. The van der Waals surface area contributed by atoms with Crippen molar-refractivity contribution in [2.75, 3.05) is 7.11 Å². The van der Waals surface area contributed by atoms with E-state index in [1.165, 1.54) is 11.3 Å². The van der Waals surface area contributed by atoms with Crippen molar-refractivity contribution in [3.63, 3.8) is 0 Å². The second kappa shape index (κ2) is 9.10. The van der Waals surface area contributed by atoms with Crippen LogP contribution >= 0.6 is 22.7 Å². The molecule has 0 saturated heterocycles. The summed E-state index contributed by atoms with van der Waals surface area (Å²) in [4.78, 5) is 20.2. The van der Waals surface area contributed by atoms with Gasteiger partial charge < -0.3 is 9.30 Å². The lowest BCUT2D eigenvalue weighted by atomic mass is 10.1. The minimum Gasteiger partial charge on any atom is -0.380 e. The highest BCUT2D eigenvalue weighted by Crippen LogP contribution is 2.36. The van der Waals surface area contributed by atoms with Crippen LogP contribution < -0.4 is 5.43 Å². The highest BCUT2D eigenvalue weighted by Gasteiger charge is 2.23. The number of ether oxygens (including phenoxy) is 1. The van der Waals surface area contributed by atoms with E-state index in [9.17, 15) is 4.79 Å². The fourth-order valence-electron chi connectivity index (χ4n) is 3.61. The Morgan fingerprint density at radius 1 is 1.30 bits per heavy atom. The summed E-state index contributed by atoms with van der Waals surface area (Å²) in [6, 6.07) is 11.7. The van der Waals surface area contributed by atoms with Gasteiger partial charge in [0.2, 0.25) is 0 Å². The van der Waals surface area contributed by atoms with E-state index in [2.05, 4.69) is 25.7 Å². The van der Waals surface area contributed by atoms with E-state index in [0.29, 0.717) is 17.2 Å². The van der Waals surface area contributed by atoms with Crippen LogP contribution in [0.5, 0.6) is 0 Å². The zero-order valence-electron chi connectivity index (χ0n) is 17.9. The fraction of sp³-hybridized carbons (Fsp3) is 0.130. The first kappa shape index (κ1) is 21.3. The van der Waals surface area contributed by atoms with Gasteiger partial charge in [0.1, 0.15) is 15.4 Å². The predicted molar refractivity (Wildman–Crippen MR) is 131 cm³/mol. The molecule has 0 bridgehead atoms. The lowest BCUT2D eigenvalue weighted by Crippen LogP contribution is -2.18. The van der Waals surface area contributed by atoms with Crippen LogP contribution in [0.2, 0.25) is 0 Å². The molecule has 33 heavy (non-hydrogen) atoms. The van der Waals surface area contributed by atoms with Gasteiger partial charge in [-0.3, -0.25) is 9.89 Å². The maximum atomic E-state index is 13.2. The first-order valence-corrected chi connectivity index (χ1v) is 11.8. The highest BCUT2D eigenvalue weighted by molar-refractivity contribution is 7.21. The number of aryl methyl sites for hydroxylation is 1. The number of hydrazone groups is 1. The number of amides is 1. The molecule has 5 aromatic rings. The SMILES string of the molecule is COCc1cc(C)nc2sc(C(=O)N/N=C\c3cc(-c4cccs4)n[nH]3)c(-n3cccc3)c12. The Kier molecular flexibility index (Phi) is 5.86. The molecule has 0 saturated carbocycles. The Morgan fingerprint density at radius 3 is 2.91 bits per heavy atom. The molecule has 1 amide bonds. The summed E-state index contributed by atoms with van der Waals surface area (Å²) in [5.74, 6) is -0.308. The summed E-state index contributed by atoms with van der Waals surface area (Å²) >= 11 is 2.95. The van der Waals surface area contributed by atoms with Gasteiger partial charge in [0.05, 0.1) is 29.1 Å². The quantitative estimate of drug-likeness (QED) is 0.261. The van der Waals surface area contributed by atoms with Gasteiger partial charge in [-0.15, -0.1) is 22.7 Å². The molecule has 0 unspecified atom stereocenters. The maximum Gasteiger partial charge on any atom is 0.283 e. The number of pyridine rings is 1. The number of aromatic amines is 1. The van der Waals surface area contributed by atoms with Gasteiger partial charge in [0.15, 0.2) is 0 Å². The number of rotatable bonds is 7. The number of methoxy groups -OCH3 is 1. The van der Waals surface area contributed by atoms with E-state index in [1.54, 1.807) is 24.7 Å². The second-order valence-corrected chi connectivity index (χ2v) is 9.24. The Morgan fingerprint density at radius 2 is 2.15 bits per heavy atom. The number of thiophene rings is 2. The Balaban J connectivity index is 1.46.